The lowest BCUT2D eigenvalue weighted by atomic mass is 10.3. The van der Waals surface area contributed by atoms with E-state index in [1.165, 1.54) is 0 Å². The minimum atomic E-state index is 0.711. The highest BCUT2D eigenvalue weighted by Gasteiger charge is 2.16. The van der Waals surface area contributed by atoms with Gasteiger partial charge in [0, 0.05) is 19.3 Å². The Bertz CT molecular complexity index is 585. The van der Waals surface area contributed by atoms with Gasteiger partial charge in [-0.15, -0.1) is 0 Å². The summed E-state index contributed by atoms with van der Waals surface area (Å²) >= 11 is 6.47. The van der Waals surface area contributed by atoms with Gasteiger partial charge in [0.2, 0.25) is 0 Å². The average Bonchev–Trinajstić information content (AvgIpc) is 2.94. The number of hydrogen-bond acceptors (Lipinski definition) is 3. The van der Waals surface area contributed by atoms with E-state index in [1.807, 2.05) is 24.9 Å². The van der Waals surface area contributed by atoms with Crippen LogP contribution in [0.3, 0.4) is 0 Å². The Morgan fingerprint density at radius 3 is 2.70 bits per heavy atom. The molecular formula is C14H22ClN5. The van der Waals surface area contributed by atoms with Crippen LogP contribution in [0.2, 0.25) is 5.02 Å². The lowest BCUT2D eigenvalue weighted by Crippen LogP contribution is -2.15. The molecule has 0 saturated carbocycles. The van der Waals surface area contributed by atoms with Crippen molar-refractivity contribution in [2.45, 2.75) is 46.8 Å². The highest BCUT2D eigenvalue weighted by Crippen LogP contribution is 2.23. The van der Waals surface area contributed by atoms with Crippen LogP contribution in [-0.2, 0) is 26.1 Å². The molecule has 0 aromatic carbocycles. The van der Waals surface area contributed by atoms with E-state index in [9.17, 15) is 0 Å². The molecule has 1 N–H and O–H groups in total. The maximum Gasteiger partial charge on any atom is 0.106 e. The predicted octanol–water partition coefficient (Wildman–Crippen LogP) is 2.39. The zero-order valence-electron chi connectivity index (χ0n) is 12.6. The van der Waals surface area contributed by atoms with Crippen molar-refractivity contribution in [2.24, 2.45) is 0 Å². The van der Waals surface area contributed by atoms with E-state index in [2.05, 4.69) is 33.8 Å². The van der Waals surface area contributed by atoms with E-state index in [-0.39, 0.29) is 0 Å². The van der Waals surface area contributed by atoms with Crippen molar-refractivity contribution in [3.05, 3.63) is 34.1 Å². The summed E-state index contributed by atoms with van der Waals surface area (Å²) in [6.45, 7) is 8.50. The topological polar surface area (TPSA) is 47.7 Å². The second kappa shape index (κ2) is 6.41. The molecule has 2 aromatic rings. The summed E-state index contributed by atoms with van der Waals surface area (Å²) in [6, 6.07) is 0. The SMILES string of the molecule is CCc1nn(CC)c(Cn2c(CNC)cnc2C)c1Cl. The molecule has 0 bridgehead atoms. The third-order valence-electron chi connectivity index (χ3n) is 3.50. The van der Waals surface area contributed by atoms with Gasteiger partial charge in [-0.3, -0.25) is 4.68 Å². The fourth-order valence-corrected chi connectivity index (χ4v) is 2.70. The van der Waals surface area contributed by atoms with E-state index in [0.717, 1.165) is 47.4 Å². The van der Waals surface area contributed by atoms with Gasteiger partial charge >= 0.3 is 0 Å². The Morgan fingerprint density at radius 1 is 1.35 bits per heavy atom. The summed E-state index contributed by atoms with van der Waals surface area (Å²) in [6.07, 6.45) is 2.76. The molecule has 0 aliphatic carbocycles. The van der Waals surface area contributed by atoms with Gasteiger partial charge in [-0.25, -0.2) is 4.98 Å². The van der Waals surface area contributed by atoms with Gasteiger partial charge in [-0.05, 0) is 27.3 Å². The van der Waals surface area contributed by atoms with Gasteiger partial charge in [-0.2, -0.15) is 5.10 Å². The van der Waals surface area contributed by atoms with Crippen molar-refractivity contribution >= 4 is 11.6 Å². The molecule has 0 amide bonds. The molecule has 0 fully saturated rings. The van der Waals surface area contributed by atoms with Crippen molar-refractivity contribution < 1.29 is 0 Å². The number of hydrogen-bond donors (Lipinski definition) is 1. The first-order chi connectivity index (χ1) is 9.62. The Kier molecular flexibility index (Phi) is 4.83. The number of aromatic nitrogens is 4. The summed E-state index contributed by atoms with van der Waals surface area (Å²) in [5.41, 5.74) is 3.18. The highest BCUT2D eigenvalue weighted by molar-refractivity contribution is 6.31. The van der Waals surface area contributed by atoms with Gasteiger partial charge in [0.15, 0.2) is 0 Å². The second-order valence-electron chi connectivity index (χ2n) is 4.79. The standard InChI is InChI=1S/C14H22ClN5/c1-5-12-14(15)13(20(6-2)18-12)9-19-10(3)17-8-11(19)7-16-4/h8,16H,5-7,9H2,1-4H3. The van der Waals surface area contributed by atoms with Crippen molar-refractivity contribution in [1.29, 1.82) is 0 Å². The first-order valence-corrected chi connectivity index (χ1v) is 7.39. The summed E-state index contributed by atoms with van der Waals surface area (Å²) in [4.78, 5) is 4.39. The molecule has 0 spiro atoms. The van der Waals surface area contributed by atoms with Crippen LogP contribution in [0.25, 0.3) is 0 Å². The predicted molar refractivity (Wildman–Crippen MR) is 81.1 cm³/mol. The fourth-order valence-electron chi connectivity index (χ4n) is 2.37. The van der Waals surface area contributed by atoms with Crippen LogP contribution in [0.5, 0.6) is 0 Å². The van der Waals surface area contributed by atoms with Gasteiger partial charge in [-0.1, -0.05) is 18.5 Å². The third-order valence-corrected chi connectivity index (χ3v) is 3.93. The number of imidazole rings is 1. The minimum absolute atomic E-state index is 0.711. The average molecular weight is 296 g/mol. The van der Waals surface area contributed by atoms with E-state index in [1.54, 1.807) is 0 Å². The van der Waals surface area contributed by atoms with Crippen LogP contribution >= 0.6 is 11.6 Å². The lowest BCUT2D eigenvalue weighted by molar-refractivity contribution is 0.579. The zero-order chi connectivity index (χ0) is 14.7. The molecule has 0 unspecified atom stereocenters. The first-order valence-electron chi connectivity index (χ1n) is 7.01. The van der Waals surface area contributed by atoms with Crippen molar-refractivity contribution in [3.63, 3.8) is 0 Å². The monoisotopic (exact) mass is 295 g/mol. The Morgan fingerprint density at radius 2 is 2.10 bits per heavy atom. The maximum absolute atomic E-state index is 6.47. The summed E-state index contributed by atoms with van der Waals surface area (Å²) in [5.74, 6) is 0.994. The number of aryl methyl sites for hydroxylation is 3. The second-order valence-corrected chi connectivity index (χ2v) is 5.17. The summed E-state index contributed by atoms with van der Waals surface area (Å²) in [7, 11) is 1.94. The molecule has 0 radical (unpaired) electrons. The molecular weight excluding hydrogens is 274 g/mol. The molecule has 20 heavy (non-hydrogen) atoms. The molecule has 6 heteroatoms. The van der Waals surface area contributed by atoms with E-state index in [0.29, 0.717) is 6.54 Å². The zero-order valence-corrected chi connectivity index (χ0v) is 13.3. The van der Waals surface area contributed by atoms with E-state index >= 15 is 0 Å². The number of halogens is 1. The third kappa shape index (κ3) is 2.74. The lowest BCUT2D eigenvalue weighted by Gasteiger charge is -2.12. The molecule has 2 aromatic heterocycles. The molecule has 110 valence electrons. The molecule has 0 atom stereocenters. The minimum Gasteiger partial charge on any atom is -0.325 e. The smallest absolute Gasteiger partial charge is 0.106 e. The van der Waals surface area contributed by atoms with Crippen LogP contribution in [0.1, 0.15) is 36.8 Å². The first kappa shape index (κ1) is 15.1. The molecule has 0 aliphatic rings. The van der Waals surface area contributed by atoms with Gasteiger partial charge in [0.25, 0.3) is 0 Å². The van der Waals surface area contributed by atoms with E-state index < -0.39 is 0 Å². The largest absolute Gasteiger partial charge is 0.325 e. The van der Waals surface area contributed by atoms with Crippen molar-refractivity contribution in [3.8, 4) is 0 Å². The number of rotatable bonds is 6. The molecule has 0 aliphatic heterocycles. The number of nitrogens with zero attached hydrogens (tertiary/aromatic N) is 4. The number of nitrogens with one attached hydrogen (secondary N) is 1. The van der Waals surface area contributed by atoms with Crippen LogP contribution in [0.15, 0.2) is 6.20 Å². The van der Waals surface area contributed by atoms with E-state index in [4.69, 9.17) is 11.6 Å². The Labute approximate surface area is 125 Å². The van der Waals surface area contributed by atoms with Crippen LogP contribution in [0.4, 0.5) is 0 Å². The Hall–Kier alpha value is -1.33. The van der Waals surface area contributed by atoms with Gasteiger partial charge in [0.1, 0.15) is 5.82 Å². The quantitative estimate of drug-likeness (QED) is 0.890. The summed E-state index contributed by atoms with van der Waals surface area (Å²) in [5, 5.41) is 8.52. The van der Waals surface area contributed by atoms with Gasteiger partial charge < -0.3 is 9.88 Å². The molecule has 0 saturated heterocycles. The normalized spacial score (nSPS) is 11.2. The fraction of sp³-hybridized carbons (Fsp3) is 0.571. The van der Waals surface area contributed by atoms with Gasteiger partial charge in [0.05, 0.1) is 28.6 Å². The highest BCUT2D eigenvalue weighted by atomic mass is 35.5. The summed E-state index contributed by atoms with van der Waals surface area (Å²) < 4.78 is 4.18. The van der Waals surface area contributed by atoms with Crippen LogP contribution in [-0.4, -0.2) is 26.4 Å². The molecule has 2 heterocycles. The molecule has 5 nitrogen and oxygen atoms in total. The van der Waals surface area contributed by atoms with Crippen molar-refractivity contribution in [2.75, 3.05) is 7.05 Å². The van der Waals surface area contributed by atoms with Crippen molar-refractivity contribution in [1.82, 2.24) is 24.6 Å². The van der Waals surface area contributed by atoms with Crippen LogP contribution < -0.4 is 5.32 Å². The Balaban J connectivity index is 2.39. The molecule has 2 rings (SSSR count). The maximum atomic E-state index is 6.47. The van der Waals surface area contributed by atoms with Crippen LogP contribution in [0, 0.1) is 6.92 Å².